The van der Waals surface area contributed by atoms with Gasteiger partial charge in [0, 0.05) is 42.0 Å². The van der Waals surface area contributed by atoms with Gasteiger partial charge in [-0.05, 0) is 24.3 Å². The molecule has 0 aliphatic heterocycles. The molecular formula is C13H12ClN3O4. The summed E-state index contributed by atoms with van der Waals surface area (Å²) in [5.41, 5.74) is 1.05. The first-order valence-corrected chi connectivity index (χ1v) is 6.14. The number of non-ortho nitro benzene ring substituents is 2. The molecule has 0 fully saturated rings. The average molecular weight is 310 g/mol. The molecule has 2 rings (SSSR count). The van der Waals surface area contributed by atoms with E-state index in [0.717, 1.165) is 5.69 Å². The summed E-state index contributed by atoms with van der Waals surface area (Å²) in [5.74, 6) is 0. The zero-order valence-electron chi connectivity index (χ0n) is 11.0. The van der Waals surface area contributed by atoms with E-state index in [4.69, 9.17) is 11.6 Å². The van der Waals surface area contributed by atoms with Gasteiger partial charge in [0.2, 0.25) is 0 Å². The molecule has 0 amide bonds. The van der Waals surface area contributed by atoms with Crippen LogP contribution in [0.25, 0.3) is 0 Å². The van der Waals surface area contributed by atoms with E-state index in [1.165, 1.54) is 36.4 Å². The topological polar surface area (TPSA) is 98.3 Å². The molecule has 0 heterocycles. The third kappa shape index (κ3) is 5.45. The number of benzene rings is 2. The Morgan fingerprint density at radius 1 is 0.857 bits per heavy atom. The maximum Gasteiger partial charge on any atom is 0.269 e. The summed E-state index contributed by atoms with van der Waals surface area (Å²) in [4.78, 5) is 19.4. The first-order valence-electron chi connectivity index (χ1n) is 5.76. The third-order valence-electron chi connectivity index (χ3n) is 2.40. The molecule has 0 spiro atoms. The van der Waals surface area contributed by atoms with Crippen LogP contribution in [0.2, 0.25) is 5.02 Å². The molecule has 0 aromatic heterocycles. The monoisotopic (exact) mass is 309 g/mol. The Labute approximate surface area is 125 Å². The zero-order chi connectivity index (χ0) is 15.8. The van der Waals surface area contributed by atoms with E-state index in [0.29, 0.717) is 5.02 Å². The van der Waals surface area contributed by atoms with Crippen LogP contribution in [0.15, 0.2) is 48.5 Å². The molecule has 110 valence electrons. The summed E-state index contributed by atoms with van der Waals surface area (Å²) in [7, 11) is 1.77. The van der Waals surface area contributed by atoms with Crippen molar-refractivity contribution < 1.29 is 9.85 Å². The minimum Gasteiger partial charge on any atom is -0.388 e. The van der Waals surface area contributed by atoms with E-state index in [1.807, 2.05) is 0 Å². The molecule has 1 N–H and O–H groups in total. The number of rotatable bonds is 3. The quantitative estimate of drug-likeness (QED) is 0.685. The Morgan fingerprint density at radius 3 is 1.57 bits per heavy atom. The highest BCUT2D eigenvalue weighted by Crippen LogP contribution is 2.15. The lowest BCUT2D eigenvalue weighted by molar-refractivity contribution is -0.385. The van der Waals surface area contributed by atoms with Gasteiger partial charge in [0.1, 0.15) is 0 Å². The zero-order valence-corrected chi connectivity index (χ0v) is 11.8. The van der Waals surface area contributed by atoms with Crippen LogP contribution < -0.4 is 5.32 Å². The SMILES string of the molecule is CNc1ccc([N+](=O)[O-])cc1.O=[N+]([O-])c1ccc(Cl)cc1. The maximum atomic E-state index is 10.2. The lowest BCUT2D eigenvalue weighted by Crippen LogP contribution is -1.89. The maximum absolute atomic E-state index is 10.2. The van der Waals surface area contributed by atoms with Crippen molar-refractivity contribution in [1.82, 2.24) is 0 Å². The number of hydrogen-bond acceptors (Lipinski definition) is 5. The Morgan fingerprint density at radius 2 is 1.24 bits per heavy atom. The molecule has 0 bridgehead atoms. The van der Waals surface area contributed by atoms with Gasteiger partial charge in [0.15, 0.2) is 0 Å². The standard InChI is InChI=1S/C7H8N2O2.C6H4ClNO2/c1-8-6-2-4-7(5-3-6)9(10)11;7-5-1-3-6(4-2-5)8(9)10/h2-5,8H,1H3;1-4H. The van der Waals surface area contributed by atoms with Crippen LogP contribution >= 0.6 is 11.6 Å². The fourth-order valence-corrected chi connectivity index (χ4v) is 1.44. The number of hydrogen-bond donors (Lipinski definition) is 1. The Hall–Kier alpha value is -2.67. The number of nitrogens with one attached hydrogen (secondary N) is 1. The van der Waals surface area contributed by atoms with Crippen molar-refractivity contribution in [3.05, 3.63) is 73.8 Å². The number of anilines is 1. The van der Waals surface area contributed by atoms with Crippen molar-refractivity contribution >= 4 is 28.7 Å². The smallest absolute Gasteiger partial charge is 0.269 e. The van der Waals surface area contributed by atoms with Gasteiger partial charge in [-0.15, -0.1) is 0 Å². The molecule has 8 heteroatoms. The Bertz CT molecular complexity index is 614. The van der Waals surface area contributed by atoms with Crippen molar-refractivity contribution in [2.24, 2.45) is 0 Å². The molecule has 0 aliphatic rings. The predicted octanol–water partition coefficient (Wildman–Crippen LogP) is 3.88. The molecule has 0 radical (unpaired) electrons. The Kier molecular flexibility index (Phi) is 6.09. The summed E-state index contributed by atoms with van der Waals surface area (Å²) in [6.45, 7) is 0. The minimum atomic E-state index is -0.462. The summed E-state index contributed by atoms with van der Waals surface area (Å²) in [5, 5.41) is 23.6. The van der Waals surface area contributed by atoms with Gasteiger partial charge >= 0.3 is 0 Å². The van der Waals surface area contributed by atoms with Gasteiger partial charge in [-0.3, -0.25) is 20.2 Å². The minimum absolute atomic E-state index is 0.0596. The lowest BCUT2D eigenvalue weighted by atomic mass is 10.3. The van der Waals surface area contributed by atoms with Gasteiger partial charge in [-0.25, -0.2) is 0 Å². The van der Waals surface area contributed by atoms with Crippen molar-refractivity contribution in [1.29, 1.82) is 0 Å². The summed E-state index contributed by atoms with van der Waals surface area (Å²) >= 11 is 5.49. The van der Waals surface area contributed by atoms with E-state index in [2.05, 4.69) is 5.32 Å². The molecule has 0 aliphatic carbocycles. The van der Waals surface area contributed by atoms with Gasteiger partial charge in [-0.2, -0.15) is 0 Å². The van der Waals surface area contributed by atoms with Gasteiger partial charge in [0.05, 0.1) is 9.85 Å². The molecule has 0 saturated heterocycles. The Balaban J connectivity index is 0.000000211. The molecule has 0 saturated carbocycles. The number of nitro benzene ring substituents is 2. The van der Waals surface area contributed by atoms with Crippen molar-refractivity contribution in [3.8, 4) is 0 Å². The lowest BCUT2D eigenvalue weighted by Gasteiger charge is -1.96. The second-order valence-corrected chi connectivity index (χ2v) is 4.22. The van der Waals surface area contributed by atoms with Crippen LogP contribution in [0.1, 0.15) is 0 Å². The molecule has 21 heavy (non-hydrogen) atoms. The number of nitrogens with zero attached hydrogens (tertiary/aromatic N) is 2. The van der Waals surface area contributed by atoms with Crippen LogP contribution in [0.3, 0.4) is 0 Å². The van der Waals surface area contributed by atoms with Crippen LogP contribution in [0, 0.1) is 20.2 Å². The summed E-state index contributed by atoms with van der Waals surface area (Å²) in [6, 6.07) is 12.0. The summed E-state index contributed by atoms with van der Waals surface area (Å²) < 4.78 is 0. The van der Waals surface area contributed by atoms with Crippen molar-refractivity contribution in [2.75, 3.05) is 12.4 Å². The van der Waals surface area contributed by atoms with Gasteiger partial charge in [0.25, 0.3) is 11.4 Å². The predicted molar refractivity (Wildman–Crippen MR) is 80.7 cm³/mol. The normalized spacial score (nSPS) is 9.24. The van der Waals surface area contributed by atoms with Gasteiger partial charge < -0.3 is 5.32 Å². The van der Waals surface area contributed by atoms with E-state index >= 15 is 0 Å². The molecule has 0 atom stereocenters. The highest BCUT2D eigenvalue weighted by molar-refractivity contribution is 6.30. The number of nitro groups is 2. The largest absolute Gasteiger partial charge is 0.388 e. The van der Waals surface area contributed by atoms with Crippen molar-refractivity contribution in [3.63, 3.8) is 0 Å². The van der Waals surface area contributed by atoms with E-state index in [9.17, 15) is 20.2 Å². The average Bonchev–Trinajstić information content (AvgIpc) is 2.48. The fraction of sp³-hybridized carbons (Fsp3) is 0.0769. The molecular weight excluding hydrogens is 298 g/mol. The van der Waals surface area contributed by atoms with Crippen LogP contribution in [-0.2, 0) is 0 Å². The molecule has 0 unspecified atom stereocenters. The molecule has 7 nitrogen and oxygen atoms in total. The van der Waals surface area contributed by atoms with Crippen LogP contribution in [0.5, 0.6) is 0 Å². The first-order chi connectivity index (χ1) is 9.93. The van der Waals surface area contributed by atoms with Crippen LogP contribution in [-0.4, -0.2) is 16.9 Å². The van der Waals surface area contributed by atoms with Gasteiger partial charge in [-0.1, -0.05) is 11.6 Å². The summed E-state index contributed by atoms with van der Waals surface area (Å²) in [6.07, 6.45) is 0. The second kappa shape index (κ2) is 7.81. The second-order valence-electron chi connectivity index (χ2n) is 3.79. The molecule has 2 aromatic carbocycles. The number of halogens is 1. The fourth-order valence-electron chi connectivity index (χ4n) is 1.31. The highest BCUT2D eigenvalue weighted by Gasteiger charge is 2.02. The molecule has 2 aromatic rings. The van der Waals surface area contributed by atoms with E-state index in [1.54, 1.807) is 19.2 Å². The first kappa shape index (κ1) is 16.4. The highest BCUT2D eigenvalue weighted by atomic mass is 35.5. The van der Waals surface area contributed by atoms with Crippen LogP contribution in [0.4, 0.5) is 17.1 Å². The van der Waals surface area contributed by atoms with E-state index in [-0.39, 0.29) is 11.4 Å². The van der Waals surface area contributed by atoms with Crippen molar-refractivity contribution in [2.45, 2.75) is 0 Å². The third-order valence-corrected chi connectivity index (χ3v) is 2.66. The van der Waals surface area contributed by atoms with E-state index < -0.39 is 9.85 Å².